The van der Waals surface area contributed by atoms with Crippen LogP contribution in [0.3, 0.4) is 0 Å². The Labute approximate surface area is 169 Å². The number of rotatable bonds is 10. The Hall–Kier alpha value is -2.17. The second-order valence-electron chi connectivity index (χ2n) is 8.24. The standard InChI is InChI=1S/C24H33NO3/c1-24(2,3)23(27)28-19-22(15-10-16-26)25(17-20-11-6-4-7-12-20)18-21-13-8-5-9-14-21/h4-9,11-14,22,26H,10,15-19H2,1-3H3/t22-/m1/s1. The molecule has 0 aliphatic rings. The number of nitrogens with zero attached hydrogens (tertiary/aromatic N) is 1. The van der Waals surface area contributed by atoms with Gasteiger partial charge in [-0.25, -0.2) is 0 Å². The van der Waals surface area contributed by atoms with Crippen LogP contribution < -0.4 is 0 Å². The van der Waals surface area contributed by atoms with Gasteiger partial charge in [0.15, 0.2) is 0 Å². The van der Waals surface area contributed by atoms with E-state index in [0.29, 0.717) is 13.0 Å². The van der Waals surface area contributed by atoms with E-state index in [9.17, 15) is 9.90 Å². The fourth-order valence-electron chi connectivity index (χ4n) is 3.04. The Balaban J connectivity index is 2.18. The highest BCUT2D eigenvalue weighted by molar-refractivity contribution is 5.75. The second kappa shape index (κ2) is 11.0. The molecule has 28 heavy (non-hydrogen) atoms. The first-order valence-corrected chi connectivity index (χ1v) is 10.00. The third-order valence-corrected chi connectivity index (χ3v) is 4.69. The van der Waals surface area contributed by atoms with Crippen LogP contribution in [0.25, 0.3) is 0 Å². The van der Waals surface area contributed by atoms with E-state index < -0.39 is 5.41 Å². The molecule has 0 heterocycles. The van der Waals surface area contributed by atoms with Gasteiger partial charge in [0.2, 0.25) is 0 Å². The number of aliphatic hydroxyl groups excluding tert-OH is 1. The summed E-state index contributed by atoms with van der Waals surface area (Å²) in [5.41, 5.74) is 1.91. The first kappa shape index (κ1) is 22.1. The van der Waals surface area contributed by atoms with Crippen LogP contribution in [0.5, 0.6) is 0 Å². The molecule has 2 rings (SSSR count). The zero-order valence-corrected chi connectivity index (χ0v) is 17.3. The predicted molar refractivity (Wildman–Crippen MR) is 113 cm³/mol. The molecule has 2 aromatic carbocycles. The molecular weight excluding hydrogens is 350 g/mol. The van der Waals surface area contributed by atoms with Gasteiger partial charge in [0.1, 0.15) is 6.61 Å². The van der Waals surface area contributed by atoms with Crippen molar-refractivity contribution in [1.82, 2.24) is 4.90 Å². The zero-order chi connectivity index (χ0) is 20.4. The van der Waals surface area contributed by atoms with Gasteiger partial charge in [-0.3, -0.25) is 9.69 Å². The van der Waals surface area contributed by atoms with Gasteiger partial charge >= 0.3 is 5.97 Å². The summed E-state index contributed by atoms with van der Waals surface area (Å²) in [4.78, 5) is 14.6. The minimum absolute atomic E-state index is 0.0406. The van der Waals surface area contributed by atoms with Gasteiger partial charge < -0.3 is 9.84 Å². The number of benzene rings is 2. The highest BCUT2D eigenvalue weighted by Gasteiger charge is 2.26. The third kappa shape index (κ3) is 7.45. The molecular formula is C24H33NO3. The van der Waals surface area contributed by atoms with Crippen LogP contribution in [0.15, 0.2) is 60.7 Å². The van der Waals surface area contributed by atoms with E-state index in [-0.39, 0.29) is 18.6 Å². The maximum Gasteiger partial charge on any atom is 0.311 e. The average molecular weight is 384 g/mol. The molecule has 0 saturated heterocycles. The largest absolute Gasteiger partial charge is 0.464 e. The maximum atomic E-state index is 12.3. The summed E-state index contributed by atoms with van der Waals surface area (Å²) in [5, 5.41) is 9.36. The minimum atomic E-state index is -0.523. The van der Waals surface area contributed by atoms with E-state index in [4.69, 9.17) is 4.74 Å². The summed E-state index contributed by atoms with van der Waals surface area (Å²) in [6.45, 7) is 7.58. The van der Waals surface area contributed by atoms with Crippen molar-refractivity contribution in [2.24, 2.45) is 5.41 Å². The molecule has 0 fully saturated rings. The fourth-order valence-corrected chi connectivity index (χ4v) is 3.04. The molecule has 0 amide bonds. The van der Waals surface area contributed by atoms with Gasteiger partial charge in [0, 0.05) is 25.7 Å². The average Bonchev–Trinajstić information content (AvgIpc) is 2.68. The third-order valence-electron chi connectivity index (χ3n) is 4.69. The van der Waals surface area contributed by atoms with E-state index in [2.05, 4.69) is 29.2 Å². The van der Waals surface area contributed by atoms with E-state index >= 15 is 0 Å². The summed E-state index contributed by atoms with van der Waals surface area (Å²) in [6, 6.07) is 20.7. The van der Waals surface area contributed by atoms with Gasteiger partial charge in [-0.05, 0) is 44.7 Å². The van der Waals surface area contributed by atoms with Gasteiger partial charge in [0.05, 0.1) is 5.41 Å². The first-order chi connectivity index (χ1) is 13.4. The van der Waals surface area contributed by atoms with Crippen LogP contribution in [0, 0.1) is 5.41 Å². The number of ether oxygens (including phenoxy) is 1. The van der Waals surface area contributed by atoms with Crippen molar-refractivity contribution in [3.63, 3.8) is 0 Å². The highest BCUT2D eigenvalue weighted by atomic mass is 16.5. The van der Waals surface area contributed by atoms with Crippen LogP contribution in [0.1, 0.15) is 44.7 Å². The molecule has 0 unspecified atom stereocenters. The smallest absolute Gasteiger partial charge is 0.311 e. The van der Waals surface area contributed by atoms with Gasteiger partial charge in [-0.2, -0.15) is 0 Å². The summed E-state index contributed by atoms with van der Waals surface area (Å²) >= 11 is 0. The number of carbonyl (C=O) groups excluding carboxylic acids is 1. The number of aliphatic hydroxyl groups is 1. The van der Waals surface area contributed by atoms with Crippen molar-refractivity contribution in [2.75, 3.05) is 13.2 Å². The van der Waals surface area contributed by atoms with Gasteiger partial charge in [-0.1, -0.05) is 60.7 Å². The van der Waals surface area contributed by atoms with E-state index in [1.54, 1.807) is 0 Å². The van der Waals surface area contributed by atoms with Crippen molar-refractivity contribution in [3.8, 4) is 0 Å². The van der Waals surface area contributed by atoms with Crippen LogP contribution in [0.2, 0.25) is 0 Å². The second-order valence-corrected chi connectivity index (χ2v) is 8.24. The Morgan fingerprint density at radius 1 is 0.964 bits per heavy atom. The molecule has 0 radical (unpaired) electrons. The molecule has 4 nitrogen and oxygen atoms in total. The van der Waals surface area contributed by atoms with Crippen molar-refractivity contribution < 1.29 is 14.6 Å². The number of carbonyl (C=O) groups is 1. The fraction of sp³-hybridized carbons (Fsp3) is 0.458. The SMILES string of the molecule is CC(C)(C)C(=O)OC[C@@H](CCCO)N(Cc1ccccc1)Cc1ccccc1. The number of esters is 1. The topological polar surface area (TPSA) is 49.8 Å². The molecule has 0 aromatic heterocycles. The van der Waals surface area contributed by atoms with Crippen molar-refractivity contribution >= 4 is 5.97 Å². The molecule has 1 atom stereocenters. The van der Waals surface area contributed by atoms with Gasteiger partial charge in [0.25, 0.3) is 0 Å². The Morgan fingerprint density at radius 2 is 1.46 bits per heavy atom. The molecule has 0 aliphatic carbocycles. The summed E-state index contributed by atoms with van der Waals surface area (Å²) < 4.78 is 5.66. The number of hydrogen-bond acceptors (Lipinski definition) is 4. The monoisotopic (exact) mass is 383 g/mol. The molecule has 0 saturated carbocycles. The molecule has 4 heteroatoms. The lowest BCUT2D eigenvalue weighted by atomic mass is 9.97. The van der Waals surface area contributed by atoms with Crippen LogP contribution in [-0.4, -0.2) is 35.2 Å². The summed E-state index contributed by atoms with van der Waals surface area (Å²) in [7, 11) is 0. The van der Waals surface area contributed by atoms with Gasteiger partial charge in [-0.15, -0.1) is 0 Å². The van der Waals surface area contributed by atoms with Crippen LogP contribution >= 0.6 is 0 Å². The van der Waals surface area contributed by atoms with Crippen molar-refractivity contribution in [2.45, 2.75) is 52.7 Å². The summed E-state index contributed by atoms with van der Waals surface area (Å²) in [5.74, 6) is -0.194. The molecule has 2 aromatic rings. The molecule has 0 bridgehead atoms. The lowest BCUT2D eigenvalue weighted by molar-refractivity contribution is -0.155. The number of hydrogen-bond donors (Lipinski definition) is 1. The van der Waals surface area contributed by atoms with Crippen LogP contribution in [-0.2, 0) is 22.6 Å². The lowest BCUT2D eigenvalue weighted by Crippen LogP contribution is -2.39. The Kier molecular flexibility index (Phi) is 8.68. The van der Waals surface area contributed by atoms with E-state index in [1.165, 1.54) is 11.1 Å². The van der Waals surface area contributed by atoms with Crippen molar-refractivity contribution in [1.29, 1.82) is 0 Å². The zero-order valence-electron chi connectivity index (χ0n) is 17.3. The molecule has 0 aliphatic heterocycles. The lowest BCUT2D eigenvalue weighted by Gasteiger charge is -2.32. The first-order valence-electron chi connectivity index (χ1n) is 10.00. The molecule has 0 spiro atoms. The van der Waals surface area contributed by atoms with E-state index in [1.807, 2.05) is 57.2 Å². The Bertz CT molecular complexity index is 653. The van der Waals surface area contributed by atoms with Crippen molar-refractivity contribution in [3.05, 3.63) is 71.8 Å². The normalized spacial score (nSPS) is 12.8. The minimum Gasteiger partial charge on any atom is -0.464 e. The molecule has 152 valence electrons. The Morgan fingerprint density at radius 3 is 1.89 bits per heavy atom. The summed E-state index contributed by atoms with van der Waals surface area (Å²) in [6.07, 6.45) is 1.45. The predicted octanol–water partition coefficient (Wildman–Crippen LogP) is 4.42. The maximum absolute atomic E-state index is 12.3. The molecule has 1 N–H and O–H groups in total. The quantitative estimate of drug-likeness (QED) is 0.617. The van der Waals surface area contributed by atoms with E-state index in [0.717, 1.165) is 19.5 Å². The highest BCUT2D eigenvalue weighted by Crippen LogP contribution is 2.20. The van der Waals surface area contributed by atoms with Crippen LogP contribution in [0.4, 0.5) is 0 Å².